The van der Waals surface area contributed by atoms with Crippen LogP contribution in [0.2, 0.25) is 5.02 Å². The van der Waals surface area contributed by atoms with Crippen molar-refractivity contribution in [2.45, 2.75) is 44.9 Å². The van der Waals surface area contributed by atoms with E-state index in [-0.39, 0.29) is 5.41 Å². The van der Waals surface area contributed by atoms with E-state index < -0.39 is 0 Å². The molecule has 2 aromatic rings. The first-order valence-electron chi connectivity index (χ1n) is 11.4. The number of nitrogens with one attached hydrogen (secondary N) is 2. The van der Waals surface area contributed by atoms with Crippen LogP contribution in [0.4, 0.5) is 11.8 Å². The van der Waals surface area contributed by atoms with Crippen molar-refractivity contribution in [1.82, 2.24) is 15.3 Å². The molecule has 0 bridgehead atoms. The van der Waals surface area contributed by atoms with Gasteiger partial charge in [-0.15, -0.1) is 0 Å². The molecule has 2 aliphatic rings. The minimum atomic E-state index is -0.0720. The Morgan fingerprint density at radius 2 is 2.09 bits per heavy atom. The van der Waals surface area contributed by atoms with E-state index in [4.69, 9.17) is 33.5 Å². The lowest BCUT2D eigenvalue weighted by atomic mass is 9.74. The molecule has 0 aliphatic carbocycles. The Balaban J connectivity index is 1.44. The van der Waals surface area contributed by atoms with Crippen LogP contribution >= 0.6 is 23.8 Å². The molecule has 1 aromatic carbocycles. The summed E-state index contributed by atoms with van der Waals surface area (Å²) >= 11 is 11.9. The maximum Gasteiger partial charge on any atom is 0.231 e. The molecule has 0 radical (unpaired) electrons. The molecule has 2 aliphatic heterocycles. The van der Waals surface area contributed by atoms with Gasteiger partial charge >= 0.3 is 0 Å². The summed E-state index contributed by atoms with van der Waals surface area (Å²) in [6.07, 6.45) is 4.31. The van der Waals surface area contributed by atoms with Crippen LogP contribution in [0, 0.1) is 12.8 Å². The lowest BCUT2D eigenvalue weighted by Crippen LogP contribution is -2.45. The summed E-state index contributed by atoms with van der Waals surface area (Å²) in [4.78, 5) is 11.7. The van der Waals surface area contributed by atoms with Gasteiger partial charge in [0, 0.05) is 55.0 Å². The third-order valence-electron chi connectivity index (χ3n) is 6.52. The molecule has 0 unspecified atom stereocenters. The Bertz CT molecular complexity index is 950. The summed E-state index contributed by atoms with van der Waals surface area (Å²) < 4.78 is 5.64. The normalized spacial score (nSPS) is 20.6. The average molecular weight is 474 g/mol. The van der Waals surface area contributed by atoms with E-state index in [0.717, 1.165) is 55.7 Å². The van der Waals surface area contributed by atoms with E-state index >= 15 is 0 Å². The third-order valence-corrected chi connectivity index (χ3v) is 7.00. The second kappa shape index (κ2) is 10.3. The van der Waals surface area contributed by atoms with Crippen molar-refractivity contribution >= 4 is 40.7 Å². The van der Waals surface area contributed by atoms with E-state index in [1.807, 2.05) is 19.1 Å². The van der Waals surface area contributed by atoms with Gasteiger partial charge in [0.15, 0.2) is 5.11 Å². The van der Waals surface area contributed by atoms with Gasteiger partial charge in [-0.25, -0.2) is 4.98 Å². The number of hydrogen-bond donors (Lipinski definition) is 2. The smallest absolute Gasteiger partial charge is 0.231 e. The van der Waals surface area contributed by atoms with Gasteiger partial charge in [-0.05, 0) is 68.4 Å². The van der Waals surface area contributed by atoms with Gasteiger partial charge in [0.05, 0.1) is 0 Å². The number of nitrogens with zero attached hydrogens (tertiary/aromatic N) is 3. The molecule has 1 aromatic heterocycles. The van der Waals surface area contributed by atoms with Crippen LogP contribution in [0.1, 0.15) is 43.9 Å². The molecule has 0 amide bonds. The highest BCUT2D eigenvalue weighted by atomic mass is 35.5. The quantitative estimate of drug-likeness (QED) is 0.609. The monoisotopic (exact) mass is 473 g/mol. The summed E-state index contributed by atoms with van der Waals surface area (Å²) in [5.74, 6) is 2.19. The van der Waals surface area contributed by atoms with E-state index in [2.05, 4.69) is 45.6 Å². The van der Waals surface area contributed by atoms with E-state index in [1.165, 1.54) is 18.4 Å². The third kappa shape index (κ3) is 5.69. The molecule has 2 N–H and O–H groups in total. The molecule has 2 saturated heterocycles. The number of hydrogen-bond acceptors (Lipinski definition) is 5. The fourth-order valence-corrected chi connectivity index (χ4v) is 5.06. The molecule has 0 spiro atoms. The largest absolute Gasteiger partial charge is 0.381 e. The number of halogens is 1. The van der Waals surface area contributed by atoms with Crippen LogP contribution in [-0.2, 0) is 10.2 Å². The molecule has 172 valence electrons. The summed E-state index contributed by atoms with van der Waals surface area (Å²) in [5.41, 5.74) is 2.08. The minimum Gasteiger partial charge on any atom is -0.381 e. The predicted molar refractivity (Wildman–Crippen MR) is 135 cm³/mol. The highest BCUT2D eigenvalue weighted by Crippen LogP contribution is 2.35. The molecule has 1 atom stereocenters. The zero-order chi connectivity index (χ0) is 22.6. The second-order valence-electron chi connectivity index (χ2n) is 9.10. The lowest BCUT2D eigenvalue weighted by molar-refractivity contribution is 0.0515. The van der Waals surface area contributed by atoms with Crippen molar-refractivity contribution in [3.8, 4) is 0 Å². The topological polar surface area (TPSA) is 62.3 Å². The SMILES string of the molecule is Cc1cc(N2CCC[C@H](C)C2)nc(NC(=S)NCC2(c3cccc(Cl)c3)CCOCC2)n1. The summed E-state index contributed by atoms with van der Waals surface area (Å²) in [7, 11) is 0. The highest BCUT2D eigenvalue weighted by molar-refractivity contribution is 7.80. The van der Waals surface area contributed by atoms with Crippen molar-refractivity contribution in [3.05, 3.63) is 46.6 Å². The van der Waals surface area contributed by atoms with Crippen LogP contribution in [0.25, 0.3) is 0 Å². The number of aromatic nitrogens is 2. The molecule has 2 fully saturated rings. The summed E-state index contributed by atoms with van der Waals surface area (Å²) in [6.45, 7) is 8.52. The molecule has 8 heteroatoms. The summed E-state index contributed by atoms with van der Waals surface area (Å²) in [5, 5.41) is 7.90. The van der Waals surface area contributed by atoms with Gasteiger partial charge in [0.2, 0.25) is 5.95 Å². The fourth-order valence-electron chi connectivity index (χ4n) is 4.71. The van der Waals surface area contributed by atoms with Crippen molar-refractivity contribution in [2.24, 2.45) is 5.92 Å². The van der Waals surface area contributed by atoms with Gasteiger partial charge in [-0.2, -0.15) is 4.98 Å². The van der Waals surface area contributed by atoms with Crippen LogP contribution in [0.5, 0.6) is 0 Å². The van der Waals surface area contributed by atoms with Crippen LogP contribution in [0.3, 0.4) is 0 Å². The number of piperidine rings is 1. The first kappa shape index (κ1) is 23.2. The maximum absolute atomic E-state index is 6.29. The van der Waals surface area contributed by atoms with Crippen LogP contribution in [0.15, 0.2) is 30.3 Å². The second-order valence-corrected chi connectivity index (χ2v) is 9.94. The van der Waals surface area contributed by atoms with Crippen molar-refractivity contribution in [2.75, 3.05) is 43.1 Å². The van der Waals surface area contributed by atoms with Crippen molar-refractivity contribution in [3.63, 3.8) is 0 Å². The number of benzene rings is 1. The van der Waals surface area contributed by atoms with Gasteiger partial charge in [0.1, 0.15) is 5.82 Å². The number of anilines is 2. The first-order chi connectivity index (χ1) is 15.4. The Kier molecular flexibility index (Phi) is 7.48. The van der Waals surface area contributed by atoms with Gasteiger partial charge < -0.3 is 20.3 Å². The van der Waals surface area contributed by atoms with E-state index in [0.29, 0.717) is 23.5 Å². The van der Waals surface area contributed by atoms with E-state index in [1.54, 1.807) is 0 Å². The number of thiocarbonyl (C=S) groups is 1. The molecular weight excluding hydrogens is 442 g/mol. The first-order valence-corrected chi connectivity index (χ1v) is 12.2. The molecule has 4 rings (SSSR count). The van der Waals surface area contributed by atoms with Gasteiger partial charge in [0.25, 0.3) is 0 Å². The number of ether oxygens (including phenoxy) is 1. The van der Waals surface area contributed by atoms with Crippen LogP contribution < -0.4 is 15.5 Å². The van der Waals surface area contributed by atoms with E-state index in [9.17, 15) is 0 Å². The zero-order valence-electron chi connectivity index (χ0n) is 18.9. The van der Waals surface area contributed by atoms with Crippen molar-refractivity contribution in [1.29, 1.82) is 0 Å². The van der Waals surface area contributed by atoms with Crippen molar-refractivity contribution < 1.29 is 4.74 Å². The number of aryl methyl sites for hydroxylation is 1. The summed E-state index contributed by atoms with van der Waals surface area (Å²) in [6, 6.07) is 10.2. The Hall–Kier alpha value is -1.96. The fraction of sp³-hybridized carbons (Fsp3) is 0.542. The molecule has 32 heavy (non-hydrogen) atoms. The minimum absolute atomic E-state index is 0.0720. The lowest BCUT2D eigenvalue weighted by Gasteiger charge is -2.38. The molecule has 0 saturated carbocycles. The zero-order valence-corrected chi connectivity index (χ0v) is 20.4. The van der Waals surface area contributed by atoms with Crippen LogP contribution in [-0.4, -0.2) is 47.9 Å². The molecular formula is C24H32ClN5OS. The Labute approximate surface area is 201 Å². The maximum atomic E-state index is 6.29. The standard InChI is InChI=1S/C24H32ClN5OS/c1-17-5-4-10-30(15-17)21-13-18(2)27-22(28-21)29-23(32)26-16-24(8-11-31-12-9-24)19-6-3-7-20(25)14-19/h3,6-7,13-14,17H,4-5,8-12,15-16H2,1-2H3,(H2,26,27,28,29,32)/t17-/m0/s1. The van der Waals surface area contributed by atoms with Gasteiger partial charge in [-0.1, -0.05) is 30.7 Å². The molecule has 6 nitrogen and oxygen atoms in total. The Morgan fingerprint density at radius 3 is 2.84 bits per heavy atom. The molecule has 3 heterocycles. The number of rotatable bonds is 5. The Morgan fingerprint density at radius 1 is 1.28 bits per heavy atom. The average Bonchev–Trinajstić information content (AvgIpc) is 2.78. The highest BCUT2D eigenvalue weighted by Gasteiger charge is 2.34. The van der Waals surface area contributed by atoms with Gasteiger partial charge in [-0.3, -0.25) is 0 Å². The predicted octanol–water partition coefficient (Wildman–Crippen LogP) is 4.71.